The summed E-state index contributed by atoms with van der Waals surface area (Å²) in [6.45, 7) is 0.768. The zero-order valence-corrected chi connectivity index (χ0v) is 13.0. The van der Waals surface area contributed by atoms with Gasteiger partial charge in [0.2, 0.25) is 0 Å². The molecule has 0 saturated heterocycles. The highest BCUT2D eigenvalue weighted by Crippen LogP contribution is 2.20. The maximum Gasteiger partial charge on any atom is 0.251 e. The number of amides is 1. The van der Waals surface area contributed by atoms with Crippen LogP contribution in [0.15, 0.2) is 66.7 Å². The zero-order chi connectivity index (χ0) is 16.8. The third-order valence-electron chi connectivity index (χ3n) is 3.63. The van der Waals surface area contributed by atoms with Crippen molar-refractivity contribution in [3.8, 4) is 11.8 Å². The average Bonchev–Trinajstić information content (AvgIpc) is 2.65. The van der Waals surface area contributed by atoms with Crippen molar-refractivity contribution < 1.29 is 9.53 Å². The number of hydrogen-bond donors (Lipinski definition) is 1. The van der Waals surface area contributed by atoms with Crippen molar-refractivity contribution in [1.29, 1.82) is 5.26 Å². The van der Waals surface area contributed by atoms with E-state index in [2.05, 4.69) is 11.4 Å². The quantitative estimate of drug-likeness (QED) is 0.733. The first-order valence-electron chi connectivity index (χ1n) is 7.66. The summed E-state index contributed by atoms with van der Waals surface area (Å²) < 4.78 is 5.68. The maximum absolute atomic E-state index is 12.0. The number of hydrogen-bond acceptors (Lipinski definition) is 3. The first kappa shape index (κ1) is 15.6. The normalized spacial score (nSPS) is 10.1. The molecule has 0 atom stereocenters. The highest BCUT2D eigenvalue weighted by molar-refractivity contribution is 5.94. The second-order valence-corrected chi connectivity index (χ2v) is 5.31. The van der Waals surface area contributed by atoms with Crippen LogP contribution in [0.25, 0.3) is 10.8 Å². The summed E-state index contributed by atoms with van der Waals surface area (Å²) in [5, 5.41) is 13.9. The molecule has 1 amide bonds. The van der Waals surface area contributed by atoms with E-state index in [1.165, 1.54) is 0 Å². The van der Waals surface area contributed by atoms with Crippen molar-refractivity contribution in [2.24, 2.45) is 0 Å². The first-order valence-corrected chi connectivity index (χ1v) is 7.66. The average molecular weight is 316 g/mol. The molecule has 0 radical (unpaired) electrons. The lowest BCUT2D eigenvalue weighted by molar-refractivity contribution is 0.0947. The molecule has 0 saturated carbocycles. The Morgan fingerprint density at radius 2 is 1.83 bits per heavy atom. The number of rotatable bonds is 5. The van der Waals surface area contributed by atoms with Crippen molar-refractivity contribution >= 4 is 16.7 Å². The van der Waals surface area contributed by atoms with Gasteiger partial charge in [0.05, 0.1) is 18.2 Å². The molecule has 0 aromatic heterocycles. The molecule has 4 heteroatoms. The van der Waals surface area contributed by atoms with E-state index in [0.29, 0.717) is 24.3 Å². The Morgan fingerprint density at radius 1 is 1.00 bits per heavy atom. The number of nitrogens with one attached hydrogen (secondary N) is 1. The van der Waals surface area contributed by atoms with Gasteiger partial charge in [-0.1, -0.05) is 36.4 Å². The van der Waals surface area contributed by atoms with Crippen molar-refractivity contribution in [1.82, 2.24) is 5.32 Å². The molecule has 0 aliphatic carbocycles. The second-order valence-electron chi connectivity index (χ2n) is 5.31. The molecular formula is C20H16N2O2. The monoisotopic (exact) mass is 316 g/mol. The Balaban J connectivity index is 1.52. The van der Waals surface area contributed by atoms with Gasteiger partial charge in [-0.25, -0.2) is 0 Å². The lowest BCUT2D eigenvalue weighted by atomic mass is 10.1. The van der Waals surface area contributed by atoms with E-state index >= 15 is 0 Å². The molecule has 3 rings (SSSR count). The van der Waals surface area contributed by atoms with Gasteiger partial charge in [0, 0.05) is 5.56 Å². The van der Waals surface area contributed by atoms with Crippen LogP contribution in [0.4, 0.5) is 0 Å². The fourth-order valence-corrected chi connectivity index (χ4v) is 2.42. The van der Waals surface area contributed by atoms with Crippen LogP contribution >= 0.6 is 0 Å². The Labute approximate surface area is 140 Å². The van der Waals surface area contributed by atoms with Crippen molar-refractivity contribution in [2.45, 2.75) is 0 Å². The van der Waals surface area contributed by atoms with Crippen LogP contribution in [0.5, 0.6) is 5.75 Å². The van der Waals surface area contributed by atoms with Gasteiger partial charge >= 0.3 is 0 Å². The third-order valence-corrected chi connectivity index (χ3v) is 3.63. The summed E-state index contributed by atoms with van der Waals surface area (Å²) in [7, 11) is 0. The van der Waals surface area contributed by atoms with Gasteiger partial charge < -0.3 is 10.1 Å². The lowest BCUT2D eigenvalue weighted by Gasteiger charge is -2.09. The number of carbonyl (C=O) groups is 1. The Hall–Kier alpha value is -3.32. The smallest absolute Gasteiger partial charge is 0.251 e. The van der Waals surface area contributed by atoms with E-state index < -0.39 is 0 Å². The van der Waals surface area contributed by atoms with Gasteiger partial charge in [0.25, 0.3) is 5.91 Å². The SMILES string of the molecule is N#Cc1cccc(C(=O)NCCOc2ccc3ccccc3c2)c1. The molecule has 4 nitrogen and oxygen atoms in total. The van der Waals surface area contributed by atoms with E-state index in [4.69, 9.17) is 10.00 Å². The van der Waals surface area contributed by atoms with Gasteiger partial charge in [-0.15, -0.1) is 0 Å². The third kappa shape index (κ3) is 3.71. The highest BCUT2D eigenvalue weighted by Gasteiger charge is 2.05. The predicted octanol–water partition coefficient (Wildman–Crippen LogP) is 3.52. The minimum absolute atomic E-state index is 0.214. The molecule has 0 fully saturated rings. The van der Waals surface area contributed by atoms with Crippen molar-refractivity contribution in [2.75, 3.05) is 13.2 Å². The van der Waals surface area contributed by atoms with Gasteiger partial charge in [-0.3, -0.25) is 4.79 Å². The first-order chi connectivity index (χ1) is 11.8. The van der Waals surface area contributed by atoms with Crippen LogP contribution in [0, 0.1) is 11.3 Å². The Morgan fingerprint density at radius 3 is 2.67 bits per heavy atom. The van der Waals surface area contributed by atoms with E-state index in [0.717, 1.165) is 16.5 Å². The molecular weight excluding hydrogens is 300 g/mol. The van der Waals surface area contributed by atoms with E-state index in [-0.39, 0.29) is 5.91 Å². The molecule has 118 valence electrons. The largest absolute Gasteiger partial charge is 0.492 e. The van der Waals surface area contributed by atoms with Gasteiger partial charge in [0.1, 0.15) is 12.4 Å². The molecule has 0 aliphatic heterocycles. The molecule has 3 aromatic carbocycles. The van der Waals surface area contributed by atoms with Crippen molar-refractivity contribution in [3.63, 3.8) is 0 Å². The lowest BCUT2D eigenvalue weighted by Crippen LogP contribution is -2.28. The Bertz CT molecular complexity index is 913. The number of carbonyl (C=O) groups excluding carboxylic acids is 1. The zero-order valence-electron chi connectivity index (χ0n) is 13.0. The van der Waals surface area contributed by atoms with Crippen LogP contribution < -0.4 is 10.1 Å². The van der Waals surface area contributed by atoms with Crippen LogP contribution in [-0.2, 0) is 0 Å². The molecule has 0 unspecified atom stereocenters. The fourth-order valence-electron chi connectivity index (χ4n) is 2.42. The molecule has 24 heavy (non-hydrogen) atoms. The molecule has 0 bridgehead atoms. The van der Waals surface area contributed by atoms with Crippen LogP contribution in [0.3, 0.4) is 0 Å². The summed E-state index contributed by atoms with van der Waals surface area (Å²) in [6.07, 6.45) is 0. The van der Waals surface area contributed by atoms with Crippen LogP contribution in [0.2, 0.25) is 0 Å². The predicted molar refractivity (Wildman–Crippen MR) is 92.9 cm³/mol. The Kier molecular flexibility index (Phi) is 4.73. The molecule has 3 aromatic rings. The summed E-state index contributed by atoms with van der Waals surface area (Å²) in [6, 6.07) is 22.6. The van der Waals surface area contributed by atoms with Crippen LogP contribution in [0.1, 0.15) is 15.9 Å². The minimum atomic E-state index is -0.214. The van der Waals surface area contributed by atoms with E-state index in [1.807, 2.05) is 42.5 Å². The van der Waals surface area contributed by atoms with Gasteiger partial charge in [-0.2, -0.15) is 5.26 Å². The van der Waals surface area contributed by atoms with Crippen LogP contribution in [-0.4, -0.2) is 19.1 Å². The number of fused-ring (bicyclic) bond motifs is 1. The standard InChI is InChI=1S/C20H16N2O2/c21-14-15-4-3-7-18(12-15)20(23)22-10-11-24-19-9-8-16-5-1-2-6-17(16)13-19/h1-9,12-13H,10-11H2,(H,22,23). The summed E-state index contributed by atoms with van der Waals surface area (Å²) in [5.74, 6) is 0.559. The van der Waals surface area contributed by atoms with Crippen molar-refractivity contribution in [3.05, 3.63) is 77.9 Å². The summed E-state index contributed by atoms with van der Waals surface area (Å²) >= 11 is 0. The molecule has 0 spiro atoms. The van der Waals surface area contributed by atoms with E-state index in [1.54, 1.807) is 24.3 Å². The highest BCUT2D eigenvalue weighted by atomic mass is 16.5. The maximum atomic E-state index is 12.0. The summed E-state index contributed by atoms with van der Waals surface area (Å²) in [4.78, 5) is 12.0. The summed E-state index contributed by atoms with van der Waals surface area (Å²) in [5.41, 5.74) is 0.940. The van der Waals surface area contributed by atoms with Gasteiger partial charge in [0.15, 0.2) is 0 Å². The molecule has 0 aliphatic rings. The number of ether oxygens (including phenoxy) is 1. The number of nitriles is 1. The number of nitrogens with zero attached hydrogens (tertiary/aromatic N) is 1. The van der Waals surface area contributed by atoms with E-state index in [9.17, 15) is 4.79 Å². The molecule has 0 heterocycles. The van der Waals surface area contributed by atoms with Gasteiger partial charge in [-0.05, 0) is 41.1 Å². The minimum Gasteiger partial charge on any atom is -0.492 e. The molecule has 1 N–H and O–H groups in total. The fraction of sp³-hybridized carbons (Fsp3) is 0.100. The topological polar surface area (TPSA) is 62.1 Å². The second kappa shape index (κ2) is 7.30. The number of benzene rings is 3.